The van der Waals surface area contributed by atoms with Crippen LogP contribution in [0.3, 0.4) is 0 Å². The van der Waals surface area contributed by atoms with E-state index >= 15 is 0 Å². The average molecular weight is 344 g/mol. The Morgan fingerprint density at radius 3 is 2.79 bits per heavy atom. The molecule has 1 aromatic heterocycles. The highest BCUT2D eigenvalue weighted by Crippen LogP contribution is 2.15. The molecule has 0 saturated heterocycles. The van der Waals surface area contributed by atoms with Gasteiger partial charge in [0, 0.05) is 23.5 Å². The zero-order chi connectivity index (χ0) is 16.9. The van der Waals surface area contributed by atoms with E-state index in [0.29, 0.717) is 18.1 Å². The van der Waals surface area contributed by atoms with Crippen LogP contribution in [0.25, 0.3) is 10.9 Å². The molecule has 0 aliphatic carbocycles. The molecule has 2 aromatic carbocycles. The molecule has 0 aliphatic heterocycles. The van der Waals surface area contributed by atoms with Gasteiger partial charge in [0.15, 0.2) is 0 Å². The molecule has 24 heavy (non-hydrogen) atoms. The summed E-state index contributed by atoms with van der Waals surface area (Å²) < 4.78 is 13.6. The van der Waals surface area contributed by atoms with E-state index in [1.165, 1.54) is 18.2 Å². The maximum Gasteiger partial charge on any atom is 0.254 e. The molecule has 1 heterocycles. The minimum atomic E-state index is -0.596. The van der Waals surface area contributed by atoms with Crippen LogP contribution in [0.2, 0.25) is 5.02 Å². The molecule has 122 valence electrons. The van der Waals surface area contributed by atoms with Gasteiger partial charge in [0.1, 0.15) is 11.6 Å². The Labute approximate surface area is 143 Å². The van der Waals surface area contributed by atoms with Crippen LogP contribution in [0.5, 0.6) is 0 Å². The first-order chi connectivity index (χ1) is 11.6. The zero-order valence-electron chi connectivity index (χ0n) is 12.7. The number of rotatable bonds is 5. The van der Waals surface area contributed by atoms with E-state index in [4.69, 9.17) is 11.6 Å². The van der Waals surface area contributed by atoms with Crippen molar-refractivity contribution in [3.8, 4) is 0 Å². The molecular weight excluding hydrogens is 329 g/mol. The molecule has 0 radical (unpaired) electrons. The number of pyridine rings is 1. The van der Waals surface area contributed by atoms with Crippen LogP contribution in [0.4, 0.5) is 10.2 Å². The van der Waals surface area contributed by atoms with Crippen molar-refractivity contribution in [2.45, 2.75) is 0 Å². The molecule has 0 atom stereocenters. The Bertz CT molecular complexity index is 885. The Kier molecular flexibility index (Phi) is 4.91. The number of fused-ring (bicyclic) bond motifs is 1. The SMILES string of the molecule is O=C(NCCNc1ccc2ccccc2n1)c1cc(Cl)ccc1F. The first-order valence-corrected chi connectivity index (χ1v) is 7.84. The highest BCUT2D eigenvalue weighted by Gasteiger charge is 2.11. The second-order valence-electron chi connectivity index (χ2n) is 5.20. The van der Waals surface area contributed by atoms with Gasteiger partial charge in [-0.15, -0.1) is 0 Å². The number of para-hydroxylation sites is 1. The van der Waals surface area contributed by atoms with Crippen LogP contribution in [0.1, 0.15) is 10.4 Å². The van der Waals surface area contributed by atoms with Gasteiger partial charge in [-0.25, -0.2) is 9.37 Å². The summed E-state index contributed by atoms with van der Waals surface area (Å²) in [5.41, 5.74) is 0.832. The van der Waals surface area contributed by atoms with Gasteiger partial charge in [-0.3, -0.25) is 4.79 Å². The molecule has 4 nitrogen and oxygen atoms in total. The van der Waals surface area contributed by atoms with Gasteiger partial charge in [-0.1, -0.05) is 29.8 Å². The van der Waals surface area contributed by atoms with Crippen molar-refractivity contribution in [1.29, 1.82) is 0 Å². The van der Waals surface area contributed by atoms with E-state index in [0.717, 1.165) is 16.7 Å². The highest BCUT2D eigenvalue weighted by molar-refractivity contribution is 6.31. The van der Waals surface area contributed by atoms with Crippen LogP contribution >= 0.6 is 11.6 Å². The van der Waals surface area contributed by atoms with Gasteiger partial charge in [0.05, 0.1) is 11.1 Å². The molecular formula is C18H15ClFN3O. The summed E-state index contributed by atoms with van der Waals surface area (Å²) in [5, 5.41) is 7.15. The number of hydrogen-bond donors (Lipinski definition) is 2. The lowest BCUT2D eigenvalue weighted by atomic mass is 10.2. The predicted molar refractivity (Wildman–Crippen MR) is 94.0 cm³/mol. The minimum Gasteiger partial charge on any atom is -0.368 e. The van der Waals surface area contributed by atoms with Crippen LogP contribution < -0.4 is 10.6 Å². The quantitative estimate of drug-likeness (QED) is 0.691. The van der Waals surface area contributed by atoms with Crippen molar-refractivity contribution < 1.29 is 9.18 Å². The zero-order valence-corrected chi connectivity index (χ0v) is 13.5. The summed E-state index contributed by atoms with van der Waals surface area (Å²) in [6.45, 7) is 0.804. The number of halogens is 2. The second kappa shape index (κ2) is 7.27. The third-order valence-electron chi connectivity index (χ3n) is 3.49. The minimum absolute atomic E-state index is 0.0636. The van der Waals surface area contributed by atoms with E-state index in [2.05, 4.69) is 15.6 Å². The van der Waals surface area contributed by atoms with Crippen molar-refractivity contribution >= 4 is 34.2 Å². The molecule has 0 spiro atoms. The molecule has 0 bridgehead atoms. The number of aromatic nitrogens is 1. The second-order valence-corrected chi connectivity index (χ2v) is 5.63. The fraction of sp³-hybridized carbons (Fsp3) is 0.111. The van der Waals surface area contributed by atoms with Crippen molar-refractivity contribution in [3.05, 3.63) is 71.0 Å². The van der Waals surface area contributed by atoms with E-state index in [-0.39, 0.29) is 5.56 Å². The summed E-state index contributed by atoms with van der Waals surface area (Å²) in [6.07, 6.45) is 0. The molecule has 0 unspecified atom stereocenters. The van der Waals surface area contributed by atoms with Gasteiger partial charge >= 0.3 is 0 Å². The fourth-order valence-corrected chi connectivity index (χ4v) is 2.47. The topological polar surface area (TPSA) is 54.0 Å². The van der Waals surface area contributed by atoms with Crippen molar-refractivity contribution in [2.24, 2.45) is 0 Å². The normalized spacial score (nSPS) is 10.6. The summed E-state index contributed by atoms with van der Waals surface area (Å²) >= 11 is 5.78. The van der Waals surface area contributed by atoms with E-state index in [9.17, 15) is 9.18 Å². The lowest BCUT2D eigenvalue weighted by Gasteiger charge is -2.09. The van der Waals surface area contributed by atoms with Crippen molar-refractivity contribution in [2.75, 3.05) is 18.4 Å². The number of nitrogens with one attached hydrogen (secondary N) is 2. The number of carbonyl (C=O) groups excluding carboxylic acids is 1. The van der Waals surface area contributed by atoms with Crippen LogP contribution in [-0.2, 0) is 0 Å². The molecule has 3 rings (SSSR count). The first kappa shape index (κ1) is 16.2. The van der Waals surface area contributed by atoms with Crippen LogP contribution in [-0.4, -0.2) is 24.0 Å². The Morgan fingerprint density at radius 2 is 1.92 bits per heavy atom. The first-order valence-electron chi connectivity index (χ1n) is 7.46. The number of benzene rings is 2. The fourth-order valence-electron chi connectivity index (χ4n) is 2.30. The van der Waals surface area contributed by atoms with Gasteiger partial charge < -0.3 is 10.6 Å². The summed E-state index contributed by atoms with van der Waals surface area (Å²) in [4.78, 5) is 16.4. The number of carbonyl (C=O) groups is 1. The standard InChI is InChI=1S/C18H15ClFN3O/c19-13-6-7-15(20)14(11-13)18(24)22-10-9-21-17-8-5-12-3-1-2-4-16(12)23-17/h1-8,11H,9-10H2,(H,21,23)(H,22,24). The lowest BCUT2D eigenvalue weighted by Crippen LogP contribution is -2.29. The number of anilines is 1. The predicted octanol–water partition coefficient (Wildman–Crippen LogP) is 3.87. The third kappa shape index (κ3) is 3.81. The largest absolute Gasteiger partial charge is 0.368 e. The average Bonchev–Trinajstić information content (AvgIpc) is 2.60. The molecule has 0 saturated carbocycles. The summed E-state index contributed by atoms with van der Waals surface area (Å²) in [5.74, 6) is -0.374. The van der Waals surface area contributed by atoms with Crippen molar-refractivity contribution in [3.63, 3.8) is 0 Å². The molecule has 3 aromatic rings. The summed E-state index contributed by atoms with van der Waals surface area (Å²) in [7, 11) is 0. The Morgan fingerprint density at radius 1 is 1.08 bits per heavy atom. The van der Waals surface area contributed by atoms with Crippen molar-refractivity contribution in [1.82, 2.24) is 10.3 Å². The highest BCUT2D eigenvalue weighted by atomic mass is 35.5. The molecule has 6 heteroatoms. The Balaban J connectivity index is 1.54. The Hall–Kier alpha value is -2.66. The monoisotopic (exact) mass is 343 g/mol. The number of nitrogens with zero attached hydrogens (tertiary/aromatic N) is 1. The van der Waals surface area contributed by atoms with E-state index in [1.807, 2.05) is 36.4 Å². The molecule has 0 aliphatic rings. The van der Waals surface area contributed by atoms with Gasteiger partial charge in [-0.2, -0.15) is 0 Å². The molecule has 1 amide bonds. The lowest BCUT2D eigenvalue weighted by molar-refractivity contribution is 0.0951. The number of hydrogen-bond acceptors (Lipinski definition) is 3. The number of amides is 1. The van der Waals surface area contributed by atoms with E-state index in [1.54, 1.807) is 0 Å². The van der Waals surface area contributed by atoms with Gasteiger partial charge in [-0.05, 0) is 36.4 Å². The maximum atomic E-state index is 13.6. The smallest absolute Gasteiger partial charge is 0.254 e. The summed E-state index contributed by atoms with van der Waals surface area (Å²) in [6, 6.07) is 15.6. The molecule has 2 N–H and O–H groups in total. The van der Waals surface area contributed by atoms with Gasteiger partial charge in [0.25, 0.3) is 5.91 Å². The van der Waals surface area contributed by atoms with Crippen LogP contribution in [0, 0.1) is 5.82 Å². The molecule has 0 fully saturated rings. The van der Waals surface area contributed by atoms with Crippen LogP contribution in [0.15, 0.2) is 54.6 Å². The van der Waals surface area contributed by atoms with Gasteiger partial charge in [0.2, 0.25) is 0 Å². The van der Waals surface area contributed by atoms with E-state index < -0.39 is 11.7 Å². The maximum absolute atomic E-state index is 13.6. The third-order valence-corrected chi connectivity index (χ3v) is 3.72.